The van der Waals surface area contributed by atoms with Gasteiger partial charge >= 0.3 is 0 Å². The average Bonchev–Trinajstić information content (AvgIpc) is 1.99. The Labute approximate surface area is 94.1 Å². The summed E-state index contributed by atoms with van der Waals surface area (Å²) >= 11 is 0. The summed E-state index contributed by atoms with van der Waals surface area (Å²) in [7, 11) is -1.47. The molecule has 0 saturated heterocycles. The second kappa shape index (κ2) is 5.27. The van der Waals surface area contributed by atoms with Crippen molar-refractivity contribution in [3.63, 3.8) is 0 Å². The largest absolute Gasteiger partial charge is 0.312 e. The highest BCUT2D eigenvalue weighted by molar-refractivity contribution is 7.88. The molecule has 5 heteroatoms. The Bertz CT molecular complexity index is 280. The Morgan fingerprint density at radius 1 is 1.33 bits per heavy atom. The number of hydrogen-bond donors (Lipinski definition) is 1. The van der Waals surface area contributed by atoms with E-state index in [0.29, 0.717) is 6.54 Å². The first kappa shape index (κ1) is 14.9. The minimum Gasteiger partial charge on any atom is -0.312 e. The summed E-state index contributed by atoms with van der Waals surface area (Å²) < 4.78 is 24.0. The SMILES string of the molecule is CCN[C@H](CN(C)S(C)(=O)=O)C(C)(C)C. The Balaban J connectivity index is 4.57. The monoisotopic (exact) mass is 236 g/mol. The van der Waals surface area contributed by atoms with E-state index in [0.717, 1.165) is 6.54 Å². The number of likely N-dealkylation sites (N-methyl/N-ethyl adjacent to an activating group) is 2. The van der Waals surface area contributed by atoms with E-state index in [1.807, 2.05) is 6.92 Å². The maximum Gasteiger partial charge on any atom is 0.211 e. The Morgan fingerprint density at radius 3 is 2.07 bits per heavy atom. The van der Waals surface area contributed by atoms with E-state index in [-0.39, 0.29) is 11.5 Å². The lowest BCUT2D eigenvalue weighted by molar-refractivity contribution is 0.238. The number of sulfonamides is 1. The van der Waals surface area contributed by atoms with Gasteiger partial charge in [-0.05, 0) is 12.0 Å². The van der Waals surface area contributed by atoms with Gasteiger partial charge in [-0.1, -0.05) is 27.7 Å². The maximum atomic E-state index is 11.3. The predicted octanol–water partition coefficient (Wildman–Crippen LogP) is 0.902. The number of rotatable bonds is 5. The molecule has 15 heavy (non-hydrogen) atoms. The van der Waals surface area contributed by atoms with Crippen LogP contribution in [0.3, 0.4) is 0 Å². The van der Waals surface area contributed by atoms with Crippen molar-refractivity contribution in [2.75, 3.05) is 26.4 Å². The molecule has 0 aliphatic carbocycles. The zero-order valence-corrected chi connectivity index (χ0v) is 11.5. The van der Waals surface area contributed by atoms with Crippen molar-refractivity contribution in [1.82, 2.24) is 9.62 Å². The van der Waals surface area contributed by atoms with E-state index >= 15 is 0 Å². The highest BCUT2D eigenvalue weighted by atomic mass is 32.2. The molecule has 0 fully saturated rings. The molecule has 0 aliphatic rings. The third-order valence-corrected chi connectivity index (χ3v) is 3.78. The minimum absolute atomic E-state index is 0.0506. The number of nitrogens with zero attached hydrogens (tertiary/aromatic N) is 1. The molecule has 0 unspecified atom stereocenters. The van der Waals surface area contributed by atoms with E-state index in [2.05, 4.69) is 26.1 Å². The van der Waals surface area contributed by atoms with E-state index in [4.69, 9.17) is 0 Å². The molecule has 0 aliphatic heterocycles. The van der Waals surface area contributed by atoms with Crippen LogP contribution in [0.5, 0.6) is 0 Å². The molecule has 0 amide bonds. The topological polar surface area (TPSA) is 49.4 Å². The summed E-state index contributed by atoms with van der Waals surface area (Å²) in [6.07, 6.45) is 1.23. The van der Waals surface area contributed by atoms with Crippen molar-refractivity contribution < 1.29 is 8.42 Å². The van der Waals surface area contributed by atoms with E-state index in [1.165, 1.54) is 10.6 Å². The van der Waals surface area contributed by atoms with E-state index in [1.54, 1.807) is 7.05 Å². The first-order valence-corrected chi connectivity index (χ1v) is 7.08. The molecule has 0 aromatic heterocycles. The lowest BCUT2D eigenvalue weighted by Crippen LogP contribution is -2.48. The van der Waals surface area contributed by atoms with Gasteiger partial charge in [0.1, 0.15) is 0 Å². The lowest BCUT2D eigenvalue weighted by Gasteiger charge is -2.33. The molecule has 0 aromatic carbocycles. The van der Waals surface area contributed by atoms with Crippen molar-refractivity contribution in [3.05, 3.63) is 0 Å². The molecule has 0 rings (SSSR count). The van der Waals surface area contributed by atoms with Gasteiger partial charge in [0, 0.05) is 19.6 Å². The van der Waals surface area contributed by atoms with Crippen LogP contribution in [0.1, 0.15) is 27.7 Å². The van der Waals surface area contributed by atoms with Crippen molar-refractivity contribution in [2.24, 2.45) is 5.41 Å². The molecule has 0 spiro atoms. The van der Waals surface area contributed by atoms with Crippen molar-refractivity contribution in [2.45, 2.75) is 33.7 Å². The van der Waals surface area contributed by atoms with Gasteiger partial charge < -0.3 is 5.32 Å². The predicted molar refractivity (Wildman–Crippen MR) is 64.4 cm³/mol. The van der Waals surface area contributed by atoms with Gasteiger partial charge in [0.25, 0.3) is 0 Å². The van der Waals surface area contributed by atoms with Crippen molar-refractivity contribution in [1.29, 1.82) is 0 Å². The maximum absolute atomic E-state index is 11.3. The lowest BCUT2D eigenvalue weighted by atomic mass is 9.86. The van der Waals surface area contributed by atoms with Gasteiger partial charge in [0.2, 0.25) is 10.0 Å². The van der Waals surface area contributed by atoms with Crippen LogP contribution in [0.4, 0.5) is 0 Å². The van der Waals surface area contributed by atoms with Crippen LogP contribution in [-0.4, -0.2) is 45.2 Å². The molecule has 0 radical (unpaired) electrons. The number of hydrogen-bond acceptors (Lipinski definition) is 3. The molecule has 1 N–H and O–H groups in total. The zero-order valence-electron chi connectivity index (χ0n) is 10.7. The summed E-state index contributed by atoms with van der Waals surface area (Å²) in [5.74, 6) is 0. The Hall–Kier alpha value is -0.130. The zero-order chi connectivity index (χ0) is 12.3. The standard InChI is InChI=1S/C10H24N2O2S/c1-7-11-9(10(2,3)4)8-12(5)15(6,13)14/h9,11H,7-8H2,1-6H3/t9-/m1/s1. The molecule has 0 aromatic rings. The molecule has 0 bridgehead atoms. The van der Waals surface area contributed by atoms with Gasteiger partial charge in [-0.25, -0.2) is 12.7 Å². The van der Waals surface area contributed by atoms with Crippen LogP contribution in [0.2, 0.25) is 0 Å². The fourth-order valence-corrected chi connectivity index (χ4v) is 1.70. The molecule has 4 nitrogen and oxygen atoms in total. The van der Waals surface area contributed by atoms with Gasteiger partial charge in [0.15, 0.2) is 0 Å². The molecular weight excluding hydrogens is 212 g/mol. The highest BCUT2D eigenvalue weighted by Gasteiger charge is 2.27. The third kappa shape index (κ3) is 5.49. The van der Waals surface area contributed by atoms with E-state index < -0.39 is 10.0 Å². The van der Waals surface area contributed by atoms with E-state index in [9.17, 15) is 8.42 Å². The Kier molecular flexibility index (Phi) is 5.23. The summed E-state index contributed by atoms with van der Waals surface area (Å²) in [5.41, 5.74) is 0.0506. The first-order valence-electron chi connectivity index (χ1n) is 5.23. The summed E-state index contributed by atoms with van der Waals surface area (Å²) in [5, 5.41) is 3.32. The Morgan fingerprint density at radius 2 is 1.80 bits per heavy atom. The molecular formula is C10H24N2O2S. The first-order chi connectivity index (χ1) is 6.59. The van der Waals surface area contributed by atoms with Crippen molar-refractivity contribution >= 4 is 10.0 Å². The summed E-state index contributed by atoms with van der Waals surface area (Å²) in [6.45, 7) is 9.71. The van der Waals surface area contributed by atoms with Crippen molar-refractivity contribution in [3.8, 4) is 0 Å². The van der Waals surface area contributed by atoms with Crippen LogP contribution in [0.15, 0.2) is 0 Å². The summed E-state index contributed by atoms with van der Waals surface area (Å²) in [4.78, 5) is 0. The minimum atomic E-state index is -3.08. The second-order valence-corrected chi connectivity index (χ2v) is 7.11. The van der Waals surface area contributed by atoms with Gasteiger partial charge in [0.05, 0.1) is 6.26 Å². The molecule has 1 atom stereocenters. The van der Waals surface area contributed by atoms with Crippen LogP contribution >= 0.6 is 0 Å². The summed E-state index contributed by atoms with van der Waals surface area (Å²) in [6, 6.07) is 0.169. The quantitative estimate of drug-likeness (QED) is 0.771. The van der Waals surface area contributed by atoms with Crippen LogP contribution < -0.4 is 5.32 Å². The fourth-order valence-electron chi connectivity index (χ4n) is 1.28. The average molecular weight is 236 g/mol. The van der Waals surface area contributed by atoms with Crippen LogP contribution in [0, 0.1) is 5.41 Å². The van der Waals surface area contributed by atoms with Gasteiger partial charge in [-0.15, -0.1) is 0 Å². The molecule has 0 saturated carbocycles. The third-order valence-electron chi connectivity index (χ3n) is 2.50. The van der Waals surface area contributed by atoms with Crippen LogP contribution in [-0.2, 0) is 10.0 Å². The normalized spacial score (nSPS) is 15.7. The fraction of sp³-hybridized carbons (Fsp3) is 1.00. The van der Waals surface area contributed by atoms with Gasteiger partial charge in [-0.2, -0.15) is 0 Å². The molecule has 0 heterocycles. The second-order valence-electron chi connectivity index (χ2n) is 5.02. The number of nitrogens with one attached hydrogen (secondary N) is 1. The van der Waals surface area contributed by atoms with Gasteiger partial charge in [-0.3, -0.25) is 0 Å². The smallest absolute Gasteiger partial charge is 0.211 e. The molecule has 92 valence electrons. The van der Waals surface area contributed by atoms with Crippen LogP contribution in [0.25, 0.3) is 0 Å². The highest BCUT2D eigenvalue weighted by Crippen LogP contribution is 2.20.